The van der Waals surface area contributed by atoms with Gasteiger partial charge in [0.05, 0.1) is 5.69 Å². The lowest BCUT2D eigenvalue weighted by molar-refractivity contribution is -0.139. The molecule has 0 spiro atoms. The van der Waals surface area contributed by atoms with Crippen molar-refractivity contribution in [1.29, 1.82) is 0 Å². The molecule has 15 heavy (non-hydrogen) atoms. The summed E-state index contributed by atoms with van der Waals surface area (Å²) in [4.78, 5) is 11.3. The average Bonchev–Trinajstić information content (AvgIpc) is 2.77. The van der Waals surface area contributed by atoms with E-state index in [1.165, 1.54) is 11.8 Å². The predicted octanol–water partition coefficient (Wildman–Crippen LogP) is 0.708. The van der Waals surface area contributed by atoms with Crippen molar-refractivity contribution in [2.75, 3.05) is 5.75 Å². The Morgan fingerprint density at radius 3 is 3.07 bits per heavy atom. The van der Waals surface area contributed by atoms with E-state index in [1.807, 2.05) is 0 Å². The van der Waals surface area contributed by atoms with Gasteiger partial charge in [-0.1, -0.05) is 5.21 Å². The molecule has 1 N–H and O–H groups in total. The lowest BCUT2D eigenvalue weighted by atomic mass is 9.98. The highest BCUT2D eigenvalue weighted by molar-refractivity contribution is 8.01. The largest absolute Gasteiger partial charge is 0.480 e. The molecule has 0 amide bonds. The van der Waals surface area contributed by atoms with Gasteiger partial charge in [-0.05, 0) is 18.6 Å². The van der Waals surface area contributed by atoms with E-state index in [2.05, 4.69) is 10.3 Å². The molecular weight excluding hydrogens is 214 g/mol. The van der Waals surface area contributed by atoms with Crippen LogP contribution in [0.5, 0.6) is 0 Å². The molecule has 0 radical (unpaired) electrons. The number of hydrogen-bond donors (Lipinski definition) is 1. The summed E-state index contributed by atoms with van der Waals surface area (Å²) in [5, 5.41) is 17.0. The number of carboxylic acids is 1. The molecule has 1 fully saturated rings. The molecule has 82 valence electrons. The Kier molecular flexibility index (Phi) is 2.68. The van der Waals surface area contributed by atoms with Crippen LogP contribution in [0.15, 0.2) is 6.20 Å². The zero-order valence-electron chi connectivity index (χ0n) is 8.51. The van der Waals surface area contributed by atoms with Gasteiger partial charge >= 0.3 is 5.97 Å². The summed E-state index contributed by atoms with van der Waals surface area (Å²) >= 11 is 1.53. The molecule has 5 nitrogen and oxygen atoms in total. The number of hydrogen-bond acceptors (Lipinski definition) is 4. The van der Waals surface area contributed by atoms with E-state index in [1.54, 1.807) is 17.9 Å². The van der Waals surface area contributed by atoms with Crippen LogP contribution in [0.25, 0.3) is 0 Å². The molecule has 1 aliphatic rings. The lowest BCUT2D eigenvalue weighted by Crippen LogP contribution is -2.34. The molecule has 2 heterocycles. The maximum atomic E-state index is 11.3. The van der Waals surface area contributed by atoms with Crippen molar-refractivity contribution in [2.24, 2.45) is 7.05 Å². The van der Waals surface area contributed by atoms with Crippen LogP contribution in [0.3, 0.4) is 0 Å². The third kappa shape index (κ3) is 1.99. The summed E-state index contributed by atoms with van der Waals surface area (Å²) in [6.45, 7) is 0. The summed E-state index contributed by atoms with van der Waals surface area (Å²) in [7, 11) is 1.78. The van der Waals surface area contributed by atoms with Crippen molar-refractivity contribution in [1.82, 2.24) is 15.0 Å². The van der Waals surface area contributed by atoms with Crippen molar-refractivity contribution < 1.29 is 9.90 Å². The number of nitrogens with zero attached hydrogens (tertiary/aromatic N) is 3. The van der Waals surface area contributed by atoms with Gasteiger partial charge in [0, 0.05) is 19.7 Å². The normalized spacial score (nSPS) is 25.7. The van der Waals surface area contributed by atoms with Crippen LogP contribution in [-0.4, -0.2) is 36.6 Å². The van der Waals surface area contributed by atoms with E-state index in [9.17, 15) is 9.90 Å². The molecule has 1 unspecified atom stereocenters. The third-order valence-electron chi connectivity index (χ3n) is 2.61. The van der Waals surface area contributed by atoms with Crippen molar-refractivity contribution in [3.8, 4) is 0 Å². The van der Waals surface area contributed by atoms with Gasteiger partial charge in [-0.3, -0.25) is 9.48 Å². The standard InChI is InChI=1S/C9H13N3O2S/c1-12-6-7(10-11-12)5-9(8(13)14)3-2-4-15-9/h6H,2-5H2,1H3,(H,13,14). The molecule has 1 saturated heterocycles. The van der Waals surface area contributed by atoms with Crippen molar-refractivity contribution in [2.45, 2.75) is 24.0 Å². The Balaban J connectivity index is 2.17. The van der Waals surface area contributed by atoms with E-state index in [0.29, 0.717) is 6.42 Å². The predicted molar refractivity (Wildman–Crippen MR) is 56.8 cm³/mol. The first-order valence-electron chi connectivity index (χ1n) is 4.85. The number of aromatic nitrogens is 3. The Bertz CT molecular complexity index is 371. The van der Waals surface area contributed by atoms with Crippen LogP contribution in [0.1, 0.15) is 18.5 Å². The Morgan fingerprint density at radius 1 is 1.80 bits per heavy atom. The minimum Gasteiger partial charge on any atom is -0.480 e. The van der Waals surface area contributed by atoms with Gasteiger partial charge in [-0.2, -0.15) is 0 Å². The second-order valence-electron chi connectivity index (χ2n) is 3.81. The maximum Gasteiger partial charge on any atom is 0.320 e. The second-order valence-corrected chi connectivity index (χ2v) is 5.29. The summed E-state index contributed by atoms with van der Waals surface area (Å²) in [5.74, 6) is 0.197. The van der Waals surface area contributed by atoms with E-state index in [0.717, 1.165) is 24.3 Å². The van der Waals surface area contributed by atoms with Gasteiger partial charge < -0.3 is 5.11 Å². The van der Waals surface area contributed by atoms with Crippen molar-refractivity contribution in [3.63, 3.8) is 0 Å². The number of aryl methyl sites for hydroxylation is 1. The molecule has 1 aliphatic heterocycles. The smallest absolute Gasteiger partial charge is 0.320 e. The quantitative estimate of drug-likeness (QED) is 0.823. The molecule has 0 aromatic carbocycles. The van der Waals surface area contributed by atoms with E-state index >= 15 is 0 Å². The van der Waals surface area contributed by atoms with Gasteiger partial charge in [-0.25, -0.2) is 0 Å². The molecule has 1 atom stereocenters. The minimum absolute atomic E-state index is 0.473. The van der Waals surface area contributed by atoms with E-state index < -0.39 is 10.7 Å². The van der Waals surface area contributed by atoms with Crippen LogP contribution in [-0.2, 0) is 18.3 Å². The highest BCUT2D eigenvalue weighted by Crippen LogP contribution is 2.40. The molecule has 0 bridgehead atoms. The number of thioether (sulfide) groups is 1. The van der Waals surface area contributed by atoms with Crippen LogP contribution in [0.2, 0.25) is 0 Å². The maximum absolute atomic E-state index is 11.3. The number of carboxylic acid groups (broad SMARTS) is 1. The average molecular weight is 227 g/mol. The van der Waals surface area contributed by atoms with Crippen LogP contribution in [0, 0.1) is 0 Å². The van der Waals surface area contributed by atoms with Gasteiger partial charge in [0.1, 0.15) is 4.75 Å². The molecule has 0 aliphatic carbocycles. The summed E-state index contributed by atoms with van der Waals surface area (Å²) in [6.07, 6.45) is 3.95. The fraction of sp³-hybridized carbons (Fsp3) is 0.667. The lowest BCUT2D eigenvalue weighted by Gasteiger charge is -2.21. The monoisotopic (exact) mass is 227 g/mol. The molecular formula is C9H13N3O2S. The van der Waals surface area contributed by atoms with Crippen LogP contribution >= 0.6 is 11.8 Å². The first-order valence-corrected chi connectivity index (χ1v) is 5.83. The zero-order chi connectivity index (χ0) is 10.9. The topological polar surface area (TPSA) is 68.0 Å². The Hall–Kier alpha value is -1.04. The van der Waals surface area contributed by atoms with Crippen molar-refractivity contribution >= 4 is 17.7 Å². The zero-order valence-corrected chi connectivity index (χ0v) is 9.33. The highest BCUT2D eigenvalue weighted by atomic mass is 32.2. The summed E-state index contributed by atoms with van der Waals surface area (Å²) in [5.41, 5.74) is 0.759. The SMILES string of the molecule is Cn1cc(CC2(C(=O)O)CCCS2)nn1. The molecule has 1 aromatic heterocycles. The first kappa shape index (κ1) is 10.5. The molecule has 6 heteroatoms. The summed E-state index contributed by atoms with van der Waals surface area (Å²) < 4.78 is 0.931. The Morgan fingerprint density at radius 2 is 2.60 bits per heavy atom. The van der Waals surface area contributed by atoms with E-state index in [-0.39, 0.29) is 0 Å². The van der Waals surface area contributed by atoms with E-state index in [4.69, 9.17) is 0 Å². The molecule has 2 rings (SSSR count). The number of aliphatic carboxylic acids is 1. The van der Waals surface area contributed by atoms with Crippen LogP contribution < -0.4 is 0 Å². The minimum atomic E-state index is -0.726. The molecule has 1 aromatic rings. The third-order valence-corrected chi connectivity index (χ3v) is 4.18. The summed E-state index contributed by atoms with van der Waals surface area (Å²) in [6, 6.07) is 0. The fourth-order valence-electron chi connectivity index (χ4n) is 1.85. The van der Waals surface area contributed by atoms with Gasteiger partial charge in [0.25, 0.3) is 0 Å². The Labute approximate surface area is 91.9 Å². The number of carbonyl (C=O) groups is 1. The highest BCUT2D eigenvalue weighted by Gasteiger charge is 2.42. The van der Waals surface area contributed by atoms with Gasteiger partial charge in [-0.15, -0.1) is 16.9 Å². The van der Waals surface area contributed by atoms with Crippen molar-refractivity contribution in [3.05, 3.63) is 11.9 Å². The first-order chi connectivity index (χ1) is 7.12. The van der Waals surface area contributed by atoms with Gasteiger partial charge in [0.15, 0.2) is 0 Å². The van der Waals surface area contributed by atoms with Gasteiger partial charge in [0.2, 0.25) is 0 Å². The van der Waals surface area contributed by atoms with Crippen LogP contribution in [0.4, 0.5) is 0 Å². The number of rotatable bonds is 3. The second kappa shape index (κ2) is 3.84. The molecule has 0 saturated carbocycles. The fourth-order valence-corrected chi connectivity index (χ4v) is 3.19.